The number of fused-ring (bicyclic) bond motifs is 1. The smallest absolute Gasteiger partial charge is 0.123 e. The Morgan fingerprint density at radius 3 is 2.72 bits per heavy atom. The average molecular weight is 339 g/mol. The molecule has 1 aliphatic heterocycles. The molecule has 2 aromatic carbocycles. The van der Waals surface area contributed by atoms with Crippen LogP contribution in [-0.2, 0) is 13.0 Å². The molecule has 0 saturated carbocycles. The van der Waals surface area contributed by atoms with Crippen LogP contribution in [0, 0.1) is 5.92 Å². The SMILES string of the molecule is CCC(C)CN1CCOc2ccc(C(O)Cc3ccccc3)cc2C1. The van der Waals surface area contributed by atoms with Crippen LogP contribution in [0.1, 0.15) is 43.1 Å². The van der Waals surface area contributed by atoms with Crippen LogP contribution in [0.25, 0.3) is 0 Å². The molecule has 25 heavy (non-hydrogen) atoms. The molecule has 3 rings (SSSR count). The van der Waals surface area contributed by atoms with E-state index < -0.39 is 6.10 Å². The van der Waals surface area contributed by atoms with Crippen LogP contribution < -0.4 is 4.74 Å². The lowest BCUT2D eigenvalue weighted by Crippen LogP contribution is -2.30. The molecule has 1 aliphatic rings. The lowest BCUT2D eigenvalue weighted by molar-refractivity contribution is 0.178. The number of aliphatic hydroxyl groups is 1. The third-order valence-corrected chi connectivity index (χ3v) is 5.07. The van der Waals surface area contributed by atoms with Gasteiger partial charge in [0.25, 0.3) is 0 Å². The summed E-state index contributed by atoms with van der Waals surface area (Å²) >= 11 is 0. The zero-order valence-corrected chi connectivity index (χ0v) is 15.3. The van der Waals surface area contributed by atoms with Gasteiger partial charge in [-0.15, -0.1) is 0 Å². The Balaban J connectivity index is 1.73. The summed E-state index contributed by atoms with van der Waals surface area (Å²) in [4.78, 5) is 2.47. The largest absolute Gasteiger partial charge is 0.492 e. The summed E-state index contributed by atoms with van der Waals surface area (Å²) in [5.41, 5.74) is 3.31. The maximum Gasteiger partial charge on any atom is 0.123 e. The summed E-state index contributed by atoms with van der Waals surface area (Å²) in [5, 5.41) is 10.6. The molecule has 0 fully saturated rings. The predicted molar refractivity (Wildman–Crippen MR) is 102 cm³/mol. The van der Waals surface area contributed by atoms with Crippen molar-refractivity contribution in [3.63, 3.8) is 0 Å². The fraction of sp³-hybridized carbons (Fsp3) is 0.455. The zero-order valence-electron chi connectivity index (χ0n) is 15.3. The Kier molecular flexibility index (Phi) is 6.11. The molecule has 3 heteroatoms. The van der Waals surface area contributed by atoms with E-state index in [1.54, 1.807) is 0 Å². The van der Waals surface area contributed by atoms with Crippen molar-refractivity contribution in [2.24, 2.45) is 5.92 Å². The van der Waals surface area contributed by atoms with Gasteiger partial charge in [-0.05, 0) is 29.2 Å². The summed E-state index contributed by atoms with van der Waals surface area (Å²) < 4.78 is 5.92. The number of aliphatic hydroxyl groups excluding tert-OH is 1. The molecule has 1 heterocycles. The van der Waals surface area contributed by atoms with Gasteiger partial charge in [-0.2, -0.15) is 0 Å². The van der Waals surface area contributed by atoms with E-state index in [4.69, 9.17) is 4.74 Å². The summed E-state index contributed by atoms with van der Waals surface area (Å²) in [6, 6.07) is 16.3. The van der Waals surface area contributed by atoms with Crippen molar-refractivity contribution < 1.29 is 9.84 Å². The molecule has 0 saturated heterocycles. The quantitative estimate of drug-likeness (QED) is 0.856. The summed E-state index contributed by atoms with van der Waals surface area (Å²) in [6.45, 7) is 8.22. The van der Waals surface area contributed by atoms with Gasteiger partial charge in [0, 0.05) is 31.6 Å². The van der Waals surface area contributed by atoms with Gasteiger partial charge in [-0.3, -0.25) is 4.90 Å². The number of hydrogen-bond donors (Lipinski definition) is 1. The lowest BCUT2D eigenvalue weighted by Gasteiger charge is -2.23. The third-order valence-electron chi connectivity index (χ3n) is 5.07. The van der Waals surface area contributed by atoms with Crippen LogP contribution in [-0.4, -0.2) is 29.7 Å². The molecule has 2 atom stereocenters. The maximum atomic E-state index is 10.6. The van der Waals surface area contributed by atoms with E-state index in [0.717, 1.165) is 43.1 Å². The van der Waals surface area contributed by atoms with Crippen molar-refractivity contribution in [3.8, 4) is 5.75 Å². The highest BCUT2D eigenvalue weighted by Gasteiger charge is 2.19. The third kappa shape index (κ3) is 4.83. The molecule has 1 N–H and O–H groups in total. The van der Waals surface area contributed by atoms with E-state index in [2.05, 4.69) is 36.9 Å². The Hall–Kier alpha value is -1.84. The van der Waals surface area contributed by atoms with Crippen LogP contribution in [0.3, 0.4) is 0 Å². The van der Waals surface area contributed by atoms with E-state index in [1.165, 1.54) is 12.0 Å². The second kappa shape index (κ2) is 8.50. The number of benzene rings is 2. The first-order valence-corrected chi connectivity index (χ1v) is 9.35. The van der Waals surface area contributed by atoms with Crippen molar-refractivity contribution in [1.82, 2.24) is 4.90 Å². The highest BCUT2D eigenvalue weighted by molar-refractivity contribution is 5.39. The minimum absolute atomic E-state index is 0.487. The standard InChI is InChI=1S/C22H29NO2/c1-3-17(2)15-23-11-12-25-22-10-9-19(14-20(22)16-23)21(24)13-18-7-5-4-6-8-18/h4-10,14,17,21,24H,3,11-13,15-16H2,1-2H3. The monoisotopic (exact) mass is 339 g/mol. The van der Waals surface area contributed by atoms with Crippen molar-refractivity contribution in [3.05, 3.63) is 65.2 Å². The topological polar surface area (TPSA) is 32.7 Å². The Morgan fingerprint density at radius 1 is 1.16 bits per heavy atom. The normalized spacial score (nSPS) is 17.2. The number of hydrogen-bond acceptors (Lipinski definition) is 3. The van der Waals surface area contributed by atoms with Crippen molar-refractivity contribution in [1.29, 1.82) is 0 Å². The molecule has 0 bridgehead atoms. The van der Waals surface area contributed by atoms with Crippen LogP contribution >= 0.6 is 0 Å². The second-order valence-corrected chi connectivity index (χ2v) is 7.17. The predicted octanol–water partition coefficient (Wildman–Crippen LogP) is 4.20. The molecule has 134 valence electrons. The van der Waals surface area contributed by atoms with E-state index in [0.29, 0.717) is 12.3 Å². The molecule has 2 aromatic rings. The van der Waals surface area contributed by atoms with Crippen molar-refractivity contribution in [2.75, 3.05) is 19.7 Å². The molecular formula is C22H29NO2. The van der Waals surface area contributed by atoms with Crippen LogP contribution in [0.2, 0.25) is 0 Å². The van der Waals surface area contributed by atoms with Gasteiger partial charge in [0.1, 0.15) is 12.4 Å². The molecule has 2 unspecified atom stereocenters. The highest BCUT2D eigenvalue weighted by Crippen LogP contribution is 2.28. The number of rotatable bonds is 6. The lowest BCUT2D eigenvalue weighted by atomic mass is 9.99. The minimum atomic E-state index is -0.487. The molecule has 0 amide bonds. The van der Waals surface area contributed by atoms with Gasteiger partial charge in [-0.1, -0.05) is 56.7 Å². The molecule has 0 aliphatic carbocycles. The second-order valence-electron chi connectivity index (χ2n) is 7.17. The Labute approximate surface area is 151 Å². The molecule has 0 spiro atoms. The zero-order chi connectivity index (χ0) is 17.6. The molecule has 0 radical (unpaired) electrons. The van der Waals surface area contributed by atoms with E-state index in [9.17, 15) is 5.11 Å². The van der Waals surface area contributed by atoms with E-state index >= 15 is 0 Å². The van der Waals surface area contributed by atoms with Gasteiger partial charge >= 0.3 is 0 Å². The first kappa shape index (κ1) is 18.0. The minimum Gasteiger partial charge on any atom is -0.492 e. The summed E-state index contributed by atoms with van der Waals surface area (Å²) in [7, 11) is 0. The van der Waals surface area contributed by atoms with Crippen molar-refractivity contribution in [2.45, 2.75) is 39.3 Å². The molecule has 0 aromatic heterocycles. The summed E-state index contributed by atoms with van der Waals surface area (Å²) in [5.74, 6) is 1.65. The average Bonchev–Trinajstić information content (AvgIpc) is 2.83. The first-order valence-electron chi connectivity index (χ1n) is 9.35. The fourth-order valence-corrected chi connectivity index (χ4v) is 3.36. The van der Waals surface area contributed by atoms with Gasteiger partial charge in [0.15, 0.2) is 0 Å². The van der Waals surface area contributed by atoms with Crippen LogP contribution in [0.4, 0.5) is 0 Å². The molecule has 3 nitrogen and oxygen atoms in total. The van der Waals surface area contributed by atoms with E-state index in [1.807, 2.05) is 30.3 Å². The number of nitrogens with zero attached hydrogens (tertiary/aromatic N) is 1. The van der Waals surface area contributed by atoms with Crippen LogP contribution in [0.15, 0.2) is 48.5 Å². The Bertz CT molecular complexity index is 671. The Morgan fingerprint density at radius 2 is 1.96 bits per heavy atom. The first-order chi connectivity index (χ1) is 12.2. The van der Waals surface area contributed by atoms with Gasteiger partial charge in [0.2, 0.25) is 0 Å². The highest BCUT2D eigenvalue weighted by atomic mass is 16.5. The van der Waals surface area contributed by atoms with Gasteiger partial charge in [0.05, 0.1) is 6.10 Å². The summed E-state index contributed by atoms with van der Waals surface area (Å²) in [6.07, 6.45) is 1.34. The van der Waals surface area contributed by atoms with Crippen LogP contribution in [0.5, 0.6) is 5.75 Å². The van der Waals surface area contributed by atoms with E-state index in [-0.39, 0.29) is 0 Å². The maximum absolute atomic E-state index is 10.6. The number of ether oxygens (including phenoxy) is 1. The van der Waals surface area contributed by atoms with Gasteiger partial charge < -0.3 is 9.84 Å². The fourth-order valence-electron chi connectivity index (χ4n) is 3.36. The van der Waals surface area contributed by atoms with Gasteiger partial charge in [-0.25, -0.2) is 0 Å². The molecular weight excluding hydrogens is 310 g/mol. The van der Waals surface area contributed by atoms with Crippen molar-refractivity contribution >= 4 is 0 Å².